The maximum Gasteiger partial charge on any atom is 0.327 e. The number of halogens is 1. The maximum atomic E-state index is 13.3. The number of benzene rings is 1. The summed E-state index contributed by atoms with van der Waals surface area (Å²) in [6.07, 6.45) is -0.745. The average molecular weight is 242 g/mol. The van der Waals surface area contributed by atoms with Gasteiger partial charge in [0.15, 0.2) is 0 Å². The Hall–Kier alpha value is -1.69. The quantitative estimate of drug-likeness (QED) is 0.627. The number of nitro groups is 1. The Morgan fingerprint density at radius 2 is 2.12 bits per heavy atom. The van der Waals surface area contributed by atoms with Gasteiger partial charge in [0.2, 0.25) is 5.82 Å². The third-order valence-electron chi connectivity index (χ3n) is 2.67. The molecule has 1 unspecified atom stereocenters. The summed E-state index contributed by atoms with van der Waals surface area (Å²) in [7, 11) is 0. The van der Waals surface area contributed by atoms with Gasteiger partial charge in [-0.2, -0.15) is 4.39 Å². The minimum atomic E-state index is -0.901. The van der Waals surface area contributed by atoms with Crippen molar-refractivity contribution >= 4 is 11.4 Å². The molecule has 0 spiro atoms. The Morgan fingerprint density at radius 3 is 2.59 bits per heavy atom. The molecule has 6 heteroatoms. The predicted octanol–water partition coefficient (Wildman–Crippen LogP) is 2.31. The molecule has 0 heterocycles. The first kappa shape index (κ1) is 13.4. The zero-order chi connectivity index (χ0) is 13.2. The van der Waals surface area contributed by atoms with Crippen LogP contribution in [-0.2, 0) is 0 Å². The molecule has 17 heavy (non-hydrogen) atoms. The number of hydrogen-bond acceptors (Lipinski definition) is 4. The number of rotatable bonds is 4. The third-order valence-corrected chi connectivity index (χ3v) is 2.67. The first-order valence-corrected chi connectivity index (χ1v) is 5.15. The van der Waals surface area contributed by atoms with Gasteiger partial charge in [-0.15, -0.1) is 0 Å². The van der Waals surface area contributed by atoms with Gasteiger partial charge in [-0.1, -0.05) is 6.07 Å². The highest BCUT2D eigenvalue weighted by atomic mass is 19.1. The van der Waals surface area contributed by atoms with Crippen LogP contribution in [0.1, 0.15) is 20.8 Å². The lowest BCUT2D eigenvalue weighted by Gasteiger charge is -2.30. The van der Waals surface area contributed by atoms with Gasteiger partial charge in [0, 0.05) is 0 Å². The molecule has 0 saturated carbocycles. The summed E-state index contributed by atoms with van der Waals surface area (Å²) >= 11 is 0. The number of nitrogens with one attached hydrogen (secondary N) is 1. The van der Waals surface area contributed by atoms with E-state index < -0.39 is 28.1 Å². The highest BCUT2D eigenvalue weighted by Crippen LogP contribution is 2.30. The lowest BCUT2D eigenvalue weighted by molar-refractivity contribution is -0.386. The monoisotopic (exact) mass is 242 g/mol. The first-order valence-electron chi connectivity index (χ1n) is 5.15. The molecule has 0 aliphatic rings. The predicted molar refractivity (Wildman–Crippen MR) is 62.4 cm³/mol. The molecule has 1 rings (SSSR count). The molecule has 0 bridgehead atoms. The molecule has 0 aliphatic carbocycles. The molecule has 0 amide bonds. The van der Waals surface area contributed by atoms with Gasteiger partial charge in [0.25, 0.3) is 0 Å². The Labute approximate surface area is 98.4 Å². The summed E-state index contributed by atoms with van der Waals surface area (Å²) in [6.45, 7) is 4.90. The van der Waals surface area contributed by atoms with Crippen molar-refractivity contribution in [1.29, 1.82) is 0 Å². The van der Waals surface area contributed by atoms with Crippen LogP contribution >= 0.6 is 0 Å². The molecular weight excluding hydrogens is 227 g/mol. The van der Waals surface area contributed by atoms with Crippen molar-refractivity contribution in [3.63, 3.8) is 0 Å². The highest BCUT2D eigenvalue weighted by Gasteiger charge is 2.28. The van der Waals surface area contributed by atoms with E-state index in [0.29, 0.717) is 0 Å². The summed E-state index contributed by atoms with van der Waals surface area (Å²) in [4.78, 5) is 9.98. The van der Waals surface area contributed by atoms with Gasteiger partial charge in [-0.25, -0.2) is 0 Å². The van der Waals surface area contributed by atoms with Crippen LogP contribution in [0.15, 0.2) is 18.2 Å². The smallest absolute Gasteiger partial charge is 0.327 e. The van der Waals surface area contributed by atoms with Crippen LogP contribution in [0.4, 0.5) is 15.8 Å². The molecule has 1 aromatic carbocycles. The molecule has 0 radical (unpaired) electrons. The largest absolute Gasteiger partial charge is 0.391 e. The molecule has 0 fully saturated rings. The van der Waals surface area contributed by atoms with E-state index in [1.165, 1.54) is 12.1 Å². The first-order chi connectivity index (χ1) is 7.75. The fraction of sp³-hybridized carbons (Fsp3) is 0.455. The molecular formula is C11H15FN2O3. The molecule has 0 aliphatic heterocycles. The molecule has 5 nitrogen and oxygen atoms in total. The highest BCUT2D eigenvalue weighted by molar-refractivity contribution is 5.63. The van der Waals surface area contributed by atoms with E-state index in [1.54, 1.807) is 20.8 Å². The molecule has 2 N–H and O–H groups in total. The second kappa shape index (κ2) is 4.67. The van der Waals surface area contributed by atoms with Gasteiger partial charge in [0.1, 0.15) is 5.69 Å². The fourth-order valence-corrected chi connectivity index (χ4v) is 1.25. The van der Waals surface area contributed by atoms with Crippen LogP contribution < -0.4 is 5.32 Å². The van der Waals surface area contributed by atoms with Crippen molar-refractivity contribution in [3.05, 3.63) is 34.1 Å². The third kappa shape index (κ3) is 2.91. The minimum Gasteiger partial charge on any atom is -0.391 e. The average Bonchev–Trinajstić information content (AvgIpc) is 2.15. The van der Waals surface area contributed by atoms with Gasteiger partial charge in [-0.05, 0) is 32.9 Å². The van der Waals surface area contributed by atoms with Crippen molar-refractivity contribution in [2.24, 2.45) is 0 Å². The summed E-state index contributed by atoms with van der Waals surface area (Å²) in [5.41, 5.74) is -1.35. The summed E-state index contributed by atoms with van der Waals surface area (Å²) < 4.78 is 13.3. The topological polar surface area (TPSA) is 75.4 Å². The zero-order valence-corrected chi connectivity index (χ0v) is 9.90. The molecule has 0 saturated heterocycles. The van der Waals surface area contributed by atoms with E-state index >= 15 is 0 Å². The Kier molecular flexibility index (Phi) is 3.67. The van der Waals surface area contributed by atoms with Crippen LogP contribution in [-0.4, -0.2) is 21.7 Å². The lowest BCUT2D eigenvalue weighted by Crippen LogP contribution is -2.42. The second-order valence-electron chi connectivity index (χ2n) is 4.42. The number of aliphatic hydroxyl groups excluding tert-OH is 1. The van der Waals surface area contributed by atoms with E-state index in [4.69, 9.17) is 0 Å². The van der Waals surface area contributed by atoms with Crippen molar-refractivity contribution in [2.45, 2.75) is 32.4 Å². The van der Waals surface area contributed by atoms with Crippen LogP contribution in [0.25, 0.3) is 0 Å². The lowest BCUT2D eigenvalue weighted by atomic mass is 9.98. The van der Waals surface area contributed by atoms with Gasteiger partial charge < -0.3 is 10.4 Å². The summed E-state index contributed by atoms with van der Waals surface area (Å²) in [6, 6.07) is 3.81. The van der Waals surface area contributed by atoms with Crippen molar-refractivity contribution in [2.75, 3.05) is 5.32 Å². The summed E-state index contributed by atoms with van der Waals surface area (Å²) in [5.74, 6) is -0.901. The van der Waals surface area contributed by atoms with Crippen LogP contribution in [0.5, 0.6) is 0 Å². The van der Waals surface area contributed by atoms with Crippen molar-refractivity contribution in [3.8, 4) is 0 Å². The number of nitrogens with zero attached hydrogens (tertiary/aromatic N) is 1. The van der Waals surface area contributed by atoms with E-state index in [1.807, 2.05) is 0 Å². The van der Waals surface area contributed by atoms with Crippen molar-refractivity contribution < 1.29 is 14.4 Å². The standard InChI is InChI=1S/C11H15FN2O3/c1-7(15)11(2,3)13-9-6-4-5-8(12)10(9)14(16)17/h4-7,13,15H,1-3H3. The SMILES string of the molecule is CC(O)C(C)(C)Nc1cccc(F)c1[N+](=O)[O-]. The van der Waals surface area contributed by atoms with E-state index in [-0.39, 0.29) is 5.69 Å². The fourth-order valence-electron chi connectivity index (χ4n) is 1.25. The Bertz CT molecular complexity index is 433. The van der Waals surface area contributed by atoms with Crippen LogP contribution in [0.2, 0.25) is 0 Å². The molecule has 94 valence electrons. The minimum absolute atomic E-state index is 0.0564. The number of para-hydroxylation sites is 1. The number of aliphatic hydroxyl groups is 1. The van der Waals surface area contributed by atoms with Gasteiger partial charge in [-0.3, -0.25) is 10.1 Å². The van der Waals surface area contributed by atoms with Crippen molar-refractivity contribution in [1.82, 2.24) is 0 Å². The van der Waals surface area contributed by atoms with E-state index in [2.05, 4.69) is 5.32 Å². The summed E-state index contributed by atoms with van der Waals surface area (Å²) in [5, 5.41) is 23.1. The number of nitro benzene ring substituents is 1. The second-order valence-corrected chi connectivity index (χ2v) is 4.42. The zero-order valence-electron chi connectivity index (χ0n) is 9.90. The molecule has 0 aromatic heterocycles. The maximum absolute atomic E-state index is 13.3. The number of anilines is 1. The van der Waals surface area contributed by atoms with Gasteiger partial charge >= 0.3 is 5.69 Å². The Balaban J connectivity index is 3.15. The number of hydrogen-bond donors (Lipinski definition) is 2. The molecule has 1 aromatic rings. The van der Waals surface area contributed by atoms with Crippen LogP contribution in [0, 0.1) is 15.9 Å². The van der Waals surface area contributed by atoms with Gasteiger partial charge in [0.05, 0.1) is 16.6 Å². The van der Waals surface area contributed by atoms with E-state index in [0.717, 1.165) is 6.07 Å². The van der Waals surface area contributed by atoms with Crippen LogP contribution in [0.3, 0.4) is 0 Å². The molecule has 1 atom stereocenters. The Morgan fingerprint density at radius 1 is 1.53 bits per heavy atom. The van der Waals surface area contributed by atoms with E-state index in [9.17, 15) is 19.6 Å². The normalized spacial score (nSPS) is 13.2.